The number of nitrogens with zero attached hydrogens (tertiary/aromatic N) is 5. The predicted molar refractivity (Wildman–Crippen MR) is 152 cm³/mol. The van der Waals surface area contributed by atoms with E-state index in [4.69, 9.17) is 0 Å². The van der Waals surface area contributed by atoms with Crippen molar-refractivity contribution in [3.63, 3.8) is 0 Å². The molecule has 1 unspecified atom stereocenters. The molecule has 3 aliphatic rings. The smallest absolute Gasteiger partial charge is 0.111 e. The van der Waals surface area contributed by atoms with Crippen molar-refractivity contribution in [3.05, 3.63) is 77.0 Å². The first kappa shape index (κ1) is 24.0. The van der Waals surface area contributed by atoms with Crippen LogP contribution in [-0.2, 0) is 6.54 Å². The van der Waals surface area contributed by atoms with E-state index in [1.807, 2.05) is 6.20 Å². The number of aliphatic imine (C=N–C) groups is 2. The molecule has 0 bridgehead atoms. The van der Waals surface area contributed by atoms with Gasteiger partial charge in [0.25, 0.3) is 0 Å². The van der Waals surface area contributed by atoms with Crippen molar-refractivity contribution in [3.8, 4) is 0 Å². The highest BCUT2D eigenvalue weighted by Gasteiger charge is 2.25. The lowest BCUT2D eigenvalue weighted by Crippen LogP contribution is -2.32. The van der Waals surface area contributed by atoms with Crippen molar-refractivity contribution in [1.82, 2.24) is 19.9 Å². The van der Waals surface area contributed by atoms with Crippen molar-refractivity contribution >= 4 is 28.5 Å². The van der Waals surface area contributed by atoms with Gasteiger partial charge in [-0.05, 0) is 98.0 Å². The quantitative estimate of drug-likeness (QED) is 0.446. The van der Waals surface area contributed by atoms with Crippen molar-refractivity contribution in [2.75, 3.05) is 13.1 Å². The molecule has 4 heterocycles. The molecule has 1 aromatic carbocycles. The lowest BCUT2D eigenvalue weighted by atomic mass is 9.87. The SMILES string of the molecule is C/C1=C/C(c2[nH]c3ccc(C4CCN(Cc5cnccn5)CC4)cc3c2C(C)C)=C\CCC2N=CN=C12. The number of benzene rings is 1. The summed E-state index contributed by atoms with van der Waals surface area (Å²) in [6.45, 7) is 9.88. The fourth-order valence-electron chi connectivity index (χ4n) is 6.22. The molecule has 1 fully saturated rings. The number of hydrogen-bond acceptors (Lipinski definition) is 5. The summed E-state index contributed by atoms with van der Waals surface area (Å²) in [7, 11) is 0. The summed E-state index contributed by atoms with van der Waals surface area (Å²) in [5.74, 6) is 1.02. The molecule has 0 amide bonds. The van der Waals surface area contributed by atoms with Gasteiger partial charge in [-0.3, -0.25) is 19.9 Å². The minimum absolute atomic E-state index is 0.218. The molecule has 2 aromatic heterocycles. The van der Waals surface area contributed by atoms with E-state index < -0.39 is 0 Å². The molecule has 37 heavy (non-hydrogen) atoms. The molecular formula is C31H36N6. The largest absolute Gasteiger partial charge is 0.354 e. The number of aromatic nitrogens is 3. The molecular weight excluding hydrogens is 456 g/mol. The highest BCUT2D eigenvalue weighted by molar-refractivity contribution is 6.11. The first-order chi connectivity index (χ1) is 18.1. The Hall–Kier alpha value is -3.38. The molecule has 3 aromatic rings. The Morgan fingerprint density at radius 2 is 1.97 bits per heavy atom. The maximum absolute atomic E-state index is 4.57. The molecule has 190 valence electrons. The fraction of sp³-hybridized carbons (Fsp3) is 0.419. The zero-order valence-corrected chi connectivity index (χ0v) is 22.1. The molecule has 6 nitrogen and oxygen atoms in total. The van der Waals surface area contributed by atoms with Crippen LogP contribution in [0.5, 0.6) is 0 Å². The van der Waals surface area contributed by atoms with Gasteiger partial charge in [0.05, 0.1) is 17.4 Å². The number of fused-ring (bicyclic) bond motifs is 2. The van der Waals surface area contributed by atoms with Crippen LogP contribution in [0, 0.1) is 0 Å². The van der Waals surface area contributed by atoms with Crippen molar-refractivity contribution in [2.24, 2.45) is 9.98 Å². The molecule has 2 aliphatic heterocycles. The second-order valence-electron chi connectivity index (χ2n) is 11.0. The second kappa shape index (κ2) is 10.2. The number of likely N-dealkylation sites (tertiary alicyclic amines) is 1. The Morgan fingerprint density at radius 1 is 1.11 bits per heavy atom. The van der Waals surface area contributed by atoms with E-state index in [9.17, 15) is 0 Å². The van der Waals surface area contributed by atoms with E-state index >= 15 is 0 Å². The van der Waals surface area contributed by atoms with Gasteiger partial charge in [-0.15, -0.1) is 0 Å². The summed E-state index contributed by atoms with van der Waals surface area (Å²) in [5.41, 5.74) is 10.1. The summed E-state index contributed by atoms with van der Waals surface area (Å²) in [4.78, 5) is 24.1. The van der Waals surface area contributed by atoms with E-state index in [-0.39, 0.29) is 6.04 Å². The first-order valence-electron chi connectivity index (χ1n) is 13.7. The molecule has 1 N–H and O–H groups in total. The van der Waals surface area contributed by atoms with Crippen LogP contribution in [0.25, 0.3) is 16.5 Å². The maximum Gasteiger partial charge on any atom is 0.111 e. The maximum atomic E-state index is 4.57. The van der Waals surface area contributed by atoms with E-state index in [0.29, 0.717) is 11.8 Å². The van der Waals surface area contributed by atoms with Crippen molar-refractivity contribution in [1.29, 1.82) is 0 Å². The van der Waals surface area contributed by atoms with E-state index in [0.717, 1.165) is 43.9 Å². The number of aromatic amines is 1. The third-order valence-corrected chi connectivity index (χ3v) is 8.13. The van der Waals surface area contributed by atoms with Crippen LogP contribution < -0.4 is 0 Å². The zero-order chi connectivity index (χ0) is 25.4. The Bertz CT molecular complexity index is 1400. The molecule has 1 saturated heterocycles. The third kappa shape index (κ3) is 4.82. The second-order valence-corrected chi connectivity index (χ2v) is 11.0. The molecule has 6 heteroatoms. The van der Waals surface area contributed by atoms with Crippen LogP contribution in [0.15, 0.2) is 64.5 Å². The fourth-order valence-corrected chi connectivity index (χ4v) is 6.22. The Kier molecular flexibility index (Phi) is 6.59. The number of H-pyrrole nitrogens is 1. The summed E-state index contributed by atoms with van der Waals surface area (Å²) < 4.78 is 0. The molecule has 6 rings (SSSR count). The van der Waals surface area contributed by atoms with Crippen LogP contribution in [0.3, 0.4) is 0 Å². The van der Waals surface area contributed by atoms with E-state index in [1.165, 1.54) is 51.7 Å². The van der Waals surface area contributed by atoms with Gasteiger partial charge in [-0.25, -0.2) is 4.99 Å². The lowest BCUT2D eigenvalue weighted by Gasteiger charge is -2.32. The minimum Gasteiger partial charge on any atom is -0.354 e. The van der Waals surface area contributed by atoms with Crippen molar-refractivity contribution < 1.29 is 0 Å². The molecule has 0 saturated carbocycles. The van der Waals surface area contributed by atoms with Crippen LogP contribution in [0.1, 0.15) is 80.8 Å². The van der Waals surface area contributed by atoms with Gasteiger partial charge in [0.1, 0.15) is 6.34 Å². The zero-order valence-electron chi connectivity index (χ0n) is 22.1. The third-order valence-electron chi connectivity index (χ3n) is 8.13. The summed E-state index contributed by atoms with van der Waals surface area (Å²) in [6.07, 6.45) is 16.2. The number of allylic oxidation sites excluding steroid dienone is 3. The summed E-state index contributed by atoms with van der Waals surface area (Å²) >= 11 is 0. The molecule has 1 aliphatic carbocycles. The van der Waals surface area contributed by atoms with E-state index in [2.05, 4.69) is 81.0 Å². The number of nitrogens with one attached hydrogen (secondary N) is 1. The minimum atomic E-state index is 0.218. The highest BCUT2D eigenvalue weighted by Crippen LogP contribution is 2.38. The van der Waals surface area contributed by atoms with Gasteiger partial charge in [0.15, 0.2) is 0 Å². The Morgan fingerprint density at radius 3 is 2.76 bits per heavy atom. The number of piperidine rings is 1. The monoisotopic (exact) mass is 492 g/mol. The molecule has 0 radical (unpaired) electrons. The summed E-state index contributed by atoms with van der Waals surface area (Å²) in [6, 6.07) is 7.34. The number of rotatable bonds is 5. The van der Waals surface area contributed by atoms with Crippen LogP contribution in [0.4, 0.5) is 0 Å². The predicted octanol–water partition coefficient (Wildman–Crippen LogP) is 6.44. The van der Waals surface area contributed by atoms with Crippen LogP contribution in [0.2, 0.25) is 0 Å². The first-order valence-corrected chi connectivity index (χ1v) is 13.7. The topological polar surface area (TPSA) is 69.5 Å². The average molecular weight is 493 g/mol. The van der Waals surface area contributed by atoms with Gasteiger partial charge < -0.3 is 4.98 Å². The van der Waals surface area contributed by atoms with Crippen LogP contribution >= 0.6 is 0 Å². The lowest BCUT2D eigenvalue weighted by molar-refractivity contribution is 0.202. The summed E-state index contributed by atoms with van der Waals surface area (Å²) in [5, 5.41) is 1.37. The highest BCUT2D eigenvalue weighted by atomic mass is 15.1. The Labute approximate surface area is 219 Å². The Balaban J connectivity index is 1.26. The van der Waals surface area contributed by atoms with Crippen LogP contribution in [-0.4, -0.2) is 51.0 Å². The van der Waals surface area contributed by atoms with Gasteiger partial charge in [0.2, 0.25) is 0 Å². The average Bonchev–Trinajstić information content (AvgIpc) is 3.52. The van der Waals surface area contributed by atoms with Gasteiger partial charge in [0, 0.05) is 41.7 Å². The van der Waals surface area contributed by atoms with Gasteiger partial charge >= 0.3 is 0 Å². The van der Waals surface area contributed by atoms with Gasteiger partial charge in [-0.2, -0.15) is 0 Å². The van der Waals surface area contributed by atoms with E-state index in [1.54, 1.807) is 18.7 Å². The molecule has 0 spiro atoms. The normalized spacial score (nSPS) is 23.8. The van der Waals surface area contributed by atoms with Crippen molar-refractivity contribution in [2.45, 2.75) is 70.9 Å². The molecule has 1 atom stereocenters. The number of hydrogen-bond donors (Lipinski definition) is 1. The van der Waals surface area contributed by atoms with Gasteiger partial charge in [-0.1, -0.05) is 26.0 Å². The standard InChI is InChI=1S/C31H36N6/c1-20(2)29-26-16-23(22-9-13-37(14-10-22)18-25-17-32-11-12-33-25)7-8-27(26)36-31(29)24-5-4-6-28-30(21(3)15-24)35-19-34-28/h5,7-8,11-12,15-17,19-20,22,28,36H,4,6,9-10,13-14,18H2,1-3H3/b21-15-,24-5+.